The van der Waals surface area contributed by atoms with Crippen molar-refractivity contribution in [1.29, 1.82) is 0 Å². The first-order chi connectivity index (χ1) is 6.40. The molecule has 6 heteroatoms. The molecule has 0 spiro atoms. The second kappa shape index (κ2) is 4.16. The number of carbonyl (C=O) groups is 1. The molecule has 0 aliphatic carbocycles. The molecule has 0 saturated carbocycles. The molecule has 3 nitrogen and oxygen atoms in total. The highest BCUT2D eigenvalue weighted by molar-refractivity contribution is 5.81. The Hall–Kier alpha value is -0.780. The van der Waals surface area contributed by atoms with Crippen LogP contribution in [0.5, 0.6) is 0 Å². The molecule has 1 saturated heterocycles. The third-order valence-electron chi connectivity index (χ3n) is 2.11. The zero-order chi connectivity index (χ0) is 10.8. The molecule has 2 N–H and O–H groups in total. The first kappa shape index (κ1) is 11.3. The highest BCUT2D eigenvalue weighted by Crippen LogP contribution is 2.22. The normalized spacial score (nSPS) is 24.9. The van der Waals surface area contributed by atoms with E-state index in [0.717, 1.165) is 4.90 Å². The number of rotatable bonds is 2. The molecule has 1 aliphatic heterocycles. The lowest BCUT2D eigenvalue weighted by atomic mass is 10.0. The molecule has 0 aromatic heterocycles. The van der Waals surface area contributed by atoms with Crippen LogP contribution < -0.4 is 5.73 Å². The van der Waals surface area contributed by atoms with Crippen LogP contribution in [0, 0.1) is 6.42 Å². The van der Waals surface area contributed by atoms with Crippen molar-refractivity contribution >= 4 is 5.91 Å². The van der Waals surface area contributed by atoms with E-state index >= 15 is 0 Å². The van der Waals surface area contributed by atoms with Gasteiger partial charge in [0.05, 0.1) is 12.6 Å². The van der Waals surface area contributed by atoms with Crippen molar-refractivity contribution in [3.05, 3.63) is 6.42 Å². The predicted octanol–water partition coefficient (Wildman–Crippen LogP) is 0.703. The summed E-state index contributed by atoms with van der Waals surface area (Å²) in [7, 11) is 0. The number of carbonyl (C=O) groups excluding carboxylic acids is 1. The van der Waals surface area contributed by atoms with Crippen LogP contribution in [0.3, 0.4) is 0 Å². The van der Waals surface area contributed by atoms with Crippen molar-refractivity contribution in [3.8, 4) is 0 Å². The van der Waals surface area contributed by atoms with Gasteiger partial charge >= 0.3 is 6.18 Å². The van der Waals surface area contributed by atoms with Gasteiger partial charge in [-0.25, -0.2) is 0 Å². The van der Waals surface area contributed by atoms with E-state index in [1.165, 1.54) is 6.42 Å². The van der Waals surface area contributed by atoms with Crippen LogP contribution in [-0.2, 0) is 4.79 Å². The van der Waals surface area contributed by atoms with E-state index in [-0.39, 0.29) is 6.54 Å². The SMILES string of the molecule is NC(=O)[C@H]1[CH]CCCN1CC(F)(F)F. The third kappa shape index (κ3) is 3.17. The zero-order valence-electron chi connectivity index (χ0n) is 7.55. The maximum absolute atomic E-state index is 12.1. The Bertz CT molecular complexity index is 217. The number of alkyl halides is 3. The standard InChI is InChI=1S/C8H12F3N2O/c9-8(10,11)5-13-4-2-1-3-6(13)7(12)14/h3,6H,1-2,4-5H2,(H2,12,14)/t6-/m1/s1. The average Bonchev–Trinajstić information content (AvgIpc) is 2.01. The molecule has 0 aromatic rings. The molecule has 0 unspecified atom stereocenters. The van der Waals surface area contributed by atoms with Gasteiger partial charge in [-0.15, -0.1) is 0 Å². The van der Waals surface area contributed by atoms with Crippen molar-refractivity contribution in [1.82, 2.24) is 4.90 Å². The summed E-state index contributed by atoms with van der Waals surface area (Å²) < 4.78 is 36.2. The number of nitrogens with two attached hydrogens (primary N) is 1. The average molecular weight is 209 g/mol. The van der Waals surface area contributed by atoms with Gasteiger partial charge in [-0.3, -0.25) is 9.69 Å². The largest absolute Gasteiger partial charge is 0.401 e. The molecule has 1 aliphatic rings. The topological polar surface area (TPSA) is 46.3 Å². The van der Waals surface area contributed by atoms with Crippen molar-refractivity contribution in [3.63, 3.8) is 0 Å². The van der Waals surface area contributed by atoms with Crippen LogP contribution in [0.15, 0.2) is 0 Å². The van der Waals surface area contributed by atoms with Gasteiger partial charge in [-0.2, -0.15) is 13.2 Å². The molecule has 1 rings (SSSR count). The molecular weight excluding hydrogens is 197 g/mol. The molecule has 0 aromatic carbocycles. The van der Waals surface area contributed by atoms with Gasteiger partial charge in [-0.1, -0.05) is 0 Å². The Morgan fingerprint density at radius 2 is 2.21 bits per heavy atom. The van der Waals surface area contributed by atoms with Gasteiger partial charge in [0, 0.05) is 0 Å². The van der Waals surface area contributed by atoms with Gasteiger partial charge < -0.3 is 5.73 Å². The molecular formula is C8H12F3N2O. The van der Waals surface area contributed by atoms with E-state index in [9.17, 15) is 18.0 Å². The molecule has 1 amide bonds. The van der Waals surface area contributed by atoms with Crippen LogP contribution >= 0.6 is 0 Å². The van der Waals surface area contributed by atoms with Crippen molar-refractivity contribution in [2.24, 2.45) is 5.73 Å². The Morgan fingerprint density at radius 3 is 2.71 bits per heavy atom. The summed E-state index contributed by atoms with van der Waals surface area (Å²) in [4.78, 5) is 11.9. The summed E-state index contributed by atoms with van der Waals surface area (Å²) in [6.45, 7) is -0.805. The molecule has 81 valence electrons. The Morgan fingerprint density at radius 1 is 1.57 bits per heavy atom. The molecule has 1 atom stereocenters. The minimum absolute atomic E-state index is 0.267. The van der Waals surface area contributed by atoms with E-state index in [4.69, 9.17) is 5.73 Å². The number of nitrogens with zero attached hydrogens (tertiary/aromatic N) is 1. The van der Waals surface area contributed by atoms with Gasteiger partial charge in [0.25, 0.3) is 0 Å². The summed E-state index contributed by atoms with van der Waals surface area (Å²) in [6.07, 6.45) is -1.46. The Kier molecular flexibility index (Phi) is 3.36. The lowest BCUT2D eigenvalue weighted by molar-refractivity contribution is -0.154. The van der Waals surface area contributed by atoms with Crippen molar-refractivity contribution in [2.45, 2.75) is 25.1 Å². The molecule has 1 fully saturated rings. The number of amides is 1. The number of piperidine rings is 1. The van der Waals surface area contributed by atoms with Crippen LogP contribution in [-0.4, -0.2) is 36.1 Å². The van der Waals surface area contributed by atoms with Gasteiger partial charge in [0.2, 0.25) is 5.91 Å². The lowest BCUT2D eigenvalue weighted by Gasteiger charge is -2.33. The highest BCUT2D eigenvalue weighted by atomic mass is 19.4. The molecule has 1 radical (unpaired) electrons. The summed E-state index contributed by atoms with van der Waals surface area (Å²) in [5, 5.41) is 0. The molecule has 1 heterocycles. The first-order valence-electron chi connectivity index (χ1n) is 4.33. The van der Waals surface area contributed by atoms with E-state index in [1.807, 2.05) is 0 Å². The van der Waals surface area contributed by atoms with Crippen molar-refractivity contribution in [2.75, 3.05) is 13.1 Å². The minimum atomic E-state index is -4.28. The van der Waals surface area contributed by atoms with Crippen LogP contribution in [0.25, 0.3) is 0 Å². The van der Waals surface area contributed by atoms with Crippen LogP contribution in [0.4, 0.5) is 13.2 Å². The second-order valence-corrected chi connectivity index (χ2v) is 3.31. The van der Waals surface area contributed by atoms with E-state index in [0.29, 0.717) is 12.8 Å². The summed E-state index contributed by atoms with van der Waals surface area (Å²) in [5.74, 6) is -0.714. The number of hydrogen-bond acceptors (Lipinski definition) is 2. The highest BCUT2D eigenvalue weighted by Gasteiger charge is 2.36. The Balaban J connectivity index is 2.59. The van der Waals surface area contributed by atoms with Gasteiger partial charge in [0.15, 0.2) is 0 Å². The molecule has 14 heavy (non-hydrogen) atoms. The quantitative estimate of drug-likeness (QED) is 0.727. The third-order valence-corrected chi connectivity index (χ3v) is 2.11. The lowest BCUT2D eigenvalue weighted by Crippen LogP contribution is -2.51. The van der Waals surface area contributed by atoms with Gasteiger partial charge in [-0.05, 0) is 25.8 Å². The fraction of sp³-hybridized carbons (Fsp3) is 0.750. The van der Waals surface area contributed by atoms with E-state index in [1.54, 1.807) is 0 Å². The smallest absolute Gasteiger partial charge is 0.368 e. The van der Waals surface area contributed by atoms with E-state index < -0.39 is 24.7 Å². The van der Waals surface area contributed by atoms with Crippen LogP contribution in [0.1, 0.15) is 12.8 Å². The summed E-state index contributed by atoms with van der Waals surface area (Å²) >= 11 is 0. The minimum Gasteiger partial charge on any atom is -0.368 e. The van der Waals surface area contributed by atoms with Gasteiger partial charge in [0.1, 0.15) is 0 Å². The number of halogens is 3. The monoisotopic (exact) mass is 209 g/mol. The summed E-state index contributed by atoms with van der Waals surface area (Å²) in [5.41, 5.74) is 5.00. The second-order valence-electron chi connectivity index (χ2n) is 3.31. The maximum Gasteiger partial charge on any atom is 0.401 e. The Labute approximate surface area is 80.0 Å². The fourth-order valence-corrected chi connectivity index (χ4v) is 1.56. The molecule has 0 bridgehead atoms. The number of likely N-dealkylation sites (tertiary alicyclic amines) is 1. The maximum atomic E-state index is 12.1. The predicted molar refractivity (Wildman–Crippen MR) is 44.1 cm³/mol. The first-order valence-corrected chi connectivity index (χ1v) is 4.33. The van der Waals surface area contributed by atoms with E-state index in [2.05, 4.69) is 0 Å². The number of primary amides is 1. The van der Waals surface area contributed by atoms with Crippen molar-refractivity contribution < 1.29 is 18.0 Å². The van der Waals surface area contributed by atoms with Crippen LogP contribution in [0.2, 0.25) is 0 Å². The summed E-state index contributed by atoms with van der Waals surface area (Å²) in [6, 6.07) is -0.870. The zero-order valence-corrected chi connectivity index (χ0v) is 7.55. The fourth-order valence-electron chi connectivity index (χ4n) is 1.56. The number of hydrogen-bond donors (Lipinski definition) is 1.